The van der Waals surface area contributed by atoms with Gasteiger partial charge in [0, 0.05) is 19.5 Å². The molecule has 1 saturated heterocycles. The Hall–Kier alpha value is -4.03. The van der Waals surface area contributed by atoms with Crippen molar-refractivity contribution in [2.24, 2.45) is 0 Å². The lowest BCUT2D eigenvalue weighted by Crippen LogP contribution is -2.34. The Kier molecular flexibility index (Phi) is 20.1. The van der Waals surface area contributed by atoms with E-state index in [2.05, 4.69) is 78.3 Å². The minimum atomic E-state index is -1.09. The van der Waals surface area contributed by atoms with Crippen LogP contribution in [0.3, 0.4) is 0 Å². The fourth-order valence-electron chi connectivity index (χ4n) is 4.34. The zero-order valence-corrected chi connectivity index (χ0v) is 26.8. The highest BCUT2D eigenvalue weighted by Crippen LogP contribution is 2.27. The summed E-state index contributed by atoms with van der Waals surface area (Å²) in [7, 11) is 0. The molecule has 1 fully saturated rings. The third-order valence-electron chi connectivity index (χ3n) is 6.74. The van der Waals surface area contributed by atoms with Crippen LogP contribution in [0.2, 0.25) is 0 Å². The second kappa shape index (κ2) is 24.2. The maximum atomic E-state index is 13.5. The van der Waals surface area contributed by atoms with Crippen LogP contribution in [-0.4, -0.2) is 60.6 Å². The van der Waals surface area contributed by atoms with Crippen LogP contribution in [0.15, 0.2) is 76.5 Å². The molecule has 0 saturated carbocycles. The highest BCUT2D eigenvalue weighted by Gasteiger charge is 2.28. The summed E-state index contributed by atoms with van der Waals surface area (Å²) in [6.07, 6.45) is 28.4. The van der Waals surface area contributed by atoms with Crippen molar-refractivity contribution in [3.8, 4) is 0 Å². The van der Waals surface area contributed by atoms with Crippen LogP contribution in [0.1, 0.15) is 77.4 Å². The van der Waals surface area contributed by atoms with Crippen molar-refractivity contribution in [2.75, 3.05) is 32.9 Å². The number of hydrogen-bond acceptors (Lipinski definition) is 7. The summed E-state index contributed by atoms with van der Waals surface area (Å²) in [4.78, 5) is 48.8. The minimum absolute atomic E-state index is 0.0235. The fraction of sp³-hybridized carbons (Fsp3) is 0.529. The predicted molar refractivity (Wildman–Crippen MR) is 176 cm³/mol. The van der Waals surface area contributed by atoms with Gasteiger partial charge in [0.05, 0.1) is 25.5 Å². The number of amides is 2. The van der Waals surface area contributed by atoms with Crippen LogP contribution in [0, 0.1) is 5.82 Å². The average molecular weight is 645 g/mol. The number of halogens is 1. The molecule has 1 aliphatic rings. The number of rotatable bonds is 22. The van der Waals surface area contributed by atoms with E-state index < -0.39 is 35.5 Å². The van der Waals surface area contributed by atoms with Gasteiger partial charge in [0.15, 0.2) is 0 Å². The molecule has 2 rings (SSSR count). The number of nitrogens with zero attached hydrogens (tertiary/aromatic N) is 1. The molecule has 1 aliphatic heterocycles. The number of hydrogen-bond donors (Lipinski definition) is 3. The van der Waals surface area contributed by atoms with E-state index in [1.54, 1.807) is 0 Å². The van der Waals surface area contributed by atoms with Crippen molar-refractivity contribution in [2.45, 2.75) is 83.5 Å². The Labute approximate surface area is 270 Å². The maximum Gasteiger partial charge on any atom is 0.407 e. The number of carbonyl (C=O) groups excluding carboxylic acids is 2. The SMILES string of the molecule is CC/C=C\C/C=C\C/C=C\C/C=C\C/C=C\CCCC(=O)NCCOCCNC(=O)OCC1CCC(n2cc(F)c(=O)[nH]c2=O)O1. The standard InChI is InChI=1S/C34H49FN4O7/c1-2-3-4-5-6-7-8-9-10-11-12-13-14-15-16-17-18-19-30(40)36-22-24-44-25-23-37-34(43)45-27-28-20-21-31(46-28)39-26-29(35)32(41)38-33(39)42/h3-4,6-7,9-10,12-13,15-16,26,28,31H,2,5,8,11,14,17-25,27H2,1H3,(H,36,40)(H,37,43)(H,38,41,42)/b4-3-,7-6-,10-9-,13-12-,16-15-. The second-order valence-electron chi connectivity index (χ2n) is 10.5. The van der Waals surface area contributed by atoms with E-state index in [1.165, 1.54) is 0 Å². The molecule has 254 valence electrons. The molecule has 0 aromatic carbocycles. The third kappa shape index (κ3) is 17.5. The van der Waals surface area contributed by atoms with Crippen molar-refractivity contribution in [3.05, 3.63) is 93.6 Å². The maximum absolute atomic E-state index is 13.5. The first-order valence-electron chi connectivity index (χ1n) is 16.1. The van der Waals surface area contributed by atoms with Gasteiger partial charge in [-0.15, -0.1) is 0 Å². The molecule has 46 heavy (non-hydrogen) atoms. The number of H-pyrrole nitrogens is 1. The lowest BCUT2D eigenvalue weighted by atomic mass is 10.2. The summed E-state index contributed by atoms with van der Waals surface area (Å²) >= 11 is 0. The van der Waals surface area contributed by atoms with Crippen molar-refractivity contribution < 1.29 is 28.2 Å². The second-order valence-corrected chi connectivity index (χ2v) is 10.5. The topological polar surface area (TPSA) is 141 Å². The summed E-state index contributed by atoms with van der Waals surface area (Å²) in [5, 5.41) is 5.37. The van der Waals surface area contributed by atoms with Crippen LogP contribution < -0.4 is 21.9 Å². The van der Waals surface area contributed by atoms with Crippen LogP contribution in [0.4, 0.5) is 9.18 Å². The third-order valence-corrected chi connectivity index (χ3v) is 6.74. The molecular formula is C34H49FN4O7. The van der Waals surface area contributed by atoms with Crippen LogP contribution in [0.5, 0.6) is 0 Å². The number of carbonyl (C=O) groups is 2. The normalized spacial score (nSPS) is 16.9. The van der Waals surface area contributed by atoms with E-state index in [0.717, 1.165) is 55.7 Å². The number of allylic oxidation sites excluding steroid dienone is 10. The molecule has 2 atom stereocenters. The van der Waals surface area contributed by atoms with E-state index in [4.69, 9.17) is 14.2 Å². The monoisotopic (exact) mass is 644 g/mol. The summed E-state index contributed by atoms with van der Waals surface area (Å²) in [6.45, 7) is 3.26. The van der Waals surface area contributed by atoms with Gasteiger partial charge in [-0.25, -0.2) is 9.59 Å². The number of aromatic amines is 1. The molecule has 0 radical (unpaired) electrons. The molecule has 2 unspecified atom stereocenters. The van der Waals surface area contributed by atoms with Crippen LogP contribution >= 0.6 is 0 Å². The van der Waals surface area contributed by atoms with Crippen LogP contribution in [0.25, 0.3) is 0 Å². The molecule has 11 nitrogen and oxygen atoms in total. The quantitative estimate of drug-likeness (QED) is 0.117. The largest absolute Gasteiger partial charge is 0.447 e. The van der Waals surface area contributed by atoms with E-state index >= 15 is 0 Å². The van der Waals surface area contributed by atoms with Crippen molar-refractivity contribution in [1.82, 2.24) is 20.2 Å². The number of alkyl carbamates (subject to hydrolysis) is 1. The first-order chi connectivity index (χ1) is 22.4. The van der Waals surface area contributed by atoms with Gasteiger partial charge in [0.1, 0.15) is 12.8 Å². The molecule has 1 aromatic heterocycles. The van der Waals surface area contributed by atoms with E-state index in [0.29, 0.717) is 32.4 Å². The van der Waals surface area contributed by atoms with E-state index in [1.807, 2.05) is 4.98 Å². The smallest absolute Gasteiger partial charge is 0.407 e. The first-order valence-corrected chi connectivity index (χ1v) is 16.1. The van der Waals surface area contributed by atoms with Gasteiger partial charge in [-0.2, -0.15) is 4.39 Å². The molecule has 2 amide bonds. The van der Waals surface area contributed by atoms with Crippen molar-refractivity contribution >= 4 is 12.0 Å². The molecule has 3 N–H and O–H groups in total. The zero-order chi connectivity index (χ0) is 33.2. The molecule has 0 spiro atoms. The molecule has 12 heteroatoms. The van der Waals surface area contributed by atoms with Gasteiger partial charge < -0.3 is 24.8 Å². The van der Waals surface area contributed by atoms with Gasteiger partial charge in [0.2, 0.25) is 11.7 Å². The van der Waals surface area contributed by atoms with Gasteiger partial charge >= 0.3 is 11.8 Å². The first kappa shape index (κ1) is 38.2. The number of aromatic nitrogens is 2. The average Bonchev–Trinajstić information content (AvgIpc) is 3.51. The molecule has 0 bridgehead atoms. The fourth-order valence-corrected chi connectivity index (χ4v) is 4.34. The van der Waals surface area contributed by atoms with Crippen molar-refractivity contribution in [3.63, 3.8) is 0 Å². The summed E-state index contributed by atoms with van der Waals surface area (Å²) in [5.41, 5.74) is -1.86. The van der Waals surface area contributed by atoms with Gasteiger partial charge in [-0.3, -0.25) is 19.1 Å². The Morgan fingerprint density at radius 3 is 2.20 bits per heavy atom. The summed E-state index contributed by atoms with van der Waals surface area (Å²) in [5.74, 6) is -1.11. The molecule has 2 heterocycles. The lowest BCUT2D eigenvalue weighted by Gasteiger charge is -2.16. The Balaban J connectivity index is 1.38. The molecule has 1 aromatic rings. The van der Waals surface area contributed by atoms with Gasteiger partial charge in [-0.1, -0.05) is 67.7 Å². The lowest BCUT2D eigenvalue weighted by molar-refractivity contribution is -0.121. The predicted octanol–water partition coefficient (Wildman–Crippen LogP) is 5.13. The van der Waals surface area contributed by atoms with E-state index in [9.17, 15) is 23.6 Å². The summed E-state index contributed by atoms with van der Waals surface area (Å²) in [6, 6.07) is 0. The van der Waals surface area contributed by atoms with Gasteiger partial charge in [0.25, 0.3) is 5.56 Å². The zero-order valence-electron chi connectivity index (χ0n) is 26.8. The Morgan fingerprint density at radius 1 is 0.935 bits per heavy atom. The number of ether oxygens (including phenoxy) is 3. The highest BCUT2D eigenvalue weighted by atomic mass is 19.1. The summed E-state index contributed by atoms with van der Waals surface area (Å²) < 4.78 is 30.7. The minimum Gasteiger partial charge on any atom is -0.447 e. The molecular weight excluding hydrogens is 595 g/mol. The highest BCUT2D eigenvalue weighted by molar-refractivity contribution is 5.75. The number of nitrogens with one attached hydrogen (secondary N) is 3. The Morgan fingerprint density at radius 2 is 1.54 bits per heavy atom. The molecule has 0 aliphatic carbocycles. The van der Waals surface area contributed by atoms with Crippen LogP contribution in [-0.2, 0) is 19.0 Å². The Bertz CT molecular complexity index is 1300. The van der Waals surface area contributed by atoms with Gasteiger partial charge in [-0.05, 0) is 57.8 Å². The van der Waals surface area contributed by atoms with E-state index in [-0.39, 0.29) is 25.7 Å². The van der Waals surface area contributed by atoms with Crippen molar-refractivity contribution in [1.29, 1.82) is 0 Å². The number of unbranched alkanes of at least 4 members (excludes halogenated alkanes) is 1.